The van der Waals surface area contributed by atoms with Crippen molar-refractivity contribution in [3.8, 4) is 0 Å². The molecule has 1 fully saturated rings. The summed E-state index contributed by atoms with van der Waals surface area (Å²) in [6, 6.07) is 6.24. The zero-order valence-corrected chi connectivity index (χ0v) is 11.4. The summed E-state index contributed by atoms with van der Waals surface area (Å²) < 4.78 is 47.3. The van der Waals surface area contributed by atoms with Crippen LogP contribution in [0.1, 0.15) is 5.56 Å². The molecule has 2 rings (SSSR count). The first-order valence-electron chi connectivity index (χ1n) is 5.41. The van der Waals surface area contributed by atoms with Crippen molar-refractivity contribution in [3.63, 3.8) is 0 Å². The summed E-state index contributed by atoms with van der Waals surface area (Å²) in [4.78, 5) is 0.0589. The molecule has 100 valence electrons. The van der Waals surface area contributed by atoms with Crippen molar-refractivity contribution in [3.05, 3.63) is 29.8 Å². The number of sulfone groups is 2. The number of aliphatic hydroxyl groups excluding tert-OH is 1. The van der Waals surface area contributed by atoms with Gasteiger partial charge >= 0.3 is 0 Å². The third-order valence-corrected chi connectivity index (χ3v) is 7.11. The molecule has 2 atom stereocenters. The quantitative estimate of drug-likeness (QED) is 0.823. The molecule has 1 saturated heterocycles. The average molecular weight is 290 g/mol. The van der Waals surface area contributed by atoms with Crippen LogP contribution in [0.15, 0.2) is 29.2 Å². The summed E-state index contributed by atoms with van der Waals surface area (Å²) in [7, 11) is -7.29. The average Bonchev–Trinajstić information content (AvgIpc) is 2.53. The molecule has 1 aromatic carbocycles. The van der Waals surface area contributed by atoms with E-state index in [1.807, 2.05) is 0 Å². The Balaban J connectivity index is 2.45. The van der Waals surface area contributed by atoms with Gasteiger partial charge in [0.25, 0.3) is 0 Å². The molecule has 5 nitrogen and oxygen atoms in total. The molecule has 0 aliphatic carbocycles. The number of benzene rings is 1. The summed E-state index contributed by atoms with van der Waals surface area (Å²) in [6.07, 6.45) is -1.35. The van der Waals surface area contributed by atoms with Crippen LogP contribution >= 0.6 is 0 Å². The summed E-state index contributed by atoms with van der Waals surface area (Å²) in [5.74, 6) is -0.993. The molecule has 1 aliphatic rings. The Hall–Kier alpha value is -0.920. The van der Waals surface area contributed by atoms with Crippen molar-refractivity contribution in [1.29, 1.82) is 0 Å². The van der Waals surface area contributed by atoms with E-state index in [0.29, 0.717) is 0 Å². The normalized spacial score (nSPS) is 27.2. The Bertz CT molecular complexity index is 660. The summed E-state index contributed by atoms with van der Waals surface area (Å²) in [6.45, 7) is 1.75. The molecule has 0 aromatic heterocycles. The predicted octanol–water partition coefficient (Wildman–Crippen LogP) is -0.0734. The minimum absolute atomic E-state index is 0.0589. The molecular formula is C11H14O5S2. The molecule has 0 bridgehead atoms. The number of hydrogen-bond donors (Lipinski definition) is 1. The molecule has 18 heavy (non-hydrogen) atoms. The fourth-order valence-electron chi connectivity index (χ4n) is 2.06. The van der Waals surface area contributed by atoms with Crippen molar-refractivity contribution in [1.82, 2.24) is 0 Å². The van der Waals surface area contributed by atoms with Gasteiger partial charge in [-0.15, -0.1) is 0 Å². The van der Waals surface area contributed by atoms with E-state index in [2.05, 4.69) is 0 Å². The molecule has 0 radical (unpaired) electrons. The van der Waals surface area contributed by atoms with Gasteiger partial charge < -0.3 is 5.11 Å². The summed E-state index contributed by atoms with van der Waals surface area (Å²) >= 11 is 0. The Morgan fingerprint density at radius 2 is 1.94 bits per heavy atom. The van der Waals surface area contributed by atoms with Crippen LogP contribution in [0.2, 0.25) is 0 Å². The number of aryl methyl sites for hydroxylation is 1. The third-order valence-electron chi connectivity index (χ3n) is 2.99. The fraction of sp³-hybridized carbons (Fsp3) is 0.455. The van der Waals surface area contributed by atoms with E-state index in [-0.39, 0.29) is 4.90 Å². The van der Waals surface area contributed by atoms with Gasteiger partial charge in [-0.05, 0) is 24.6 Å². The zero-order chi connectivity index (χ0) is 13.6. The number of aliphatic hydroxyl groups is 1. The second-order valence-electron chi connectivity index (χ2n) is 4.54. The molecule has 0 unspecified atom stereocenters. The van der Waals surface area contributed by atoms with Crippen LogP contribution in [0.5, 0.6) is 0 Å². The first-order chi connectivity index (χ1) is 8.22. The van der Waals surface area contributed by atoms with Gasteiger partial charge in [0.2, 0.25) is 0 Å². The minimum Gasteiger partial charge on any atom is -0.391 e. The molecular weight excluding hydrogens is 276 g/mol. The first kappa shape index (κ1) is 13.5. The Morgan fingerprint density at radius 1 is 1.28 bits per heavy atom. The van der Waals surface area contributed by atoms with Crippen LogP contribution in [-0.4, -0.2) is 44.8 Å². The van der Waals surface area contributed by atoms with Crippen LogP contribution in [0.25, 0.3) is 0 Å². The van der Waals surface area contributed by atoms with Crippen molar-refractivity contribution >= 4 is 19.7 Å². The van der Waals surface area contributed by atoms with E-state index in [0.717, 1.165) is 5.56 Å². The molecule has 0 amide bonds. The second kappa shape index (κ2) is 4.32. The maximum absolute atomic E-state index is 12.3. The van der Waals surface area contributed by atoms with Crippen LogP contribution in [0.4, 0.5) is 0 Å². The summed E-state index contributed by atoms with van der Waals surface area (Å²) in [5, 5.41) is 8.37. The van der Waals surface area contributed by atoms with Crippen LogP contribution in [0, 0.1) is 6.92 Å². The van der Waals surface area contributed by atoms with Gasteiger partial charge in [0.15, 0.2) is 19.7 Å². The van der Waals surface area contributed by atoms with E-state index in [4.69, 9.17) is 0 Å². The lowest BCUT2D eigenvalue weighted by Gasteiger charge is -2.14. The number of rotatable bonds is 2. The van der Waals surface area contributed by atoms with Gasteiger partial charge in [-0.2, -0.15) is 0 Å². The van der Waals surface area contributed by atoms with E-state index >= 15 is 0 Å². The van der Waals surface area contributed by atoms with Crippen molar-refractivity contribution in [2.75, 3.05) is 11.5 Å². The maximum atomic E-state index is 12.3. The van der Waals surface area contributed by atoms with Gasteiger partial charge in [-0.3, -0.25) is 0 Å². The molecule has 1 N–H and O–H groups in total. The Kier molecular flexibility index (Phi) is 3.25. The van der Waals surface area contributed by atoms with Gasteiger partial charge in [0.05, 0.1) is 22.5 Å². The Morgan fingerprint density at radius 3 is 2.44 bits per heavy atom. The first-order valence-corrected chi connectivity index (χ1v) is 8.78. The SMILES string of the molecule is Cc1cccc(S(=O)(=O)[C@@H]2CS(=O)(=O)C[C@H]2O)c1. The minimum atomic E-state index is -3.81. The fourth-order valence-corrected chi connectivity index (χ4v) is 6.61. The van der Waals surface area contributed by atoms with Crippen LogP contribution < -0.4 is 0 Å². The standard InChI is InChI=1S/C11H14O5S2/c1-8-3-2-4-9(5-8)18(15,16)11-7-17(13,14)6-10(11)12/h2-5,10-12H,6-7H2,1H3/t10-,11-/m1/s1. The maximum Gasteiger partial charge on any atom is 0.184 e. The van der Waals surface area contributed by atoms with Gasteiger partial charge in [0, 0.05) is 0 Å². The van der Waals surface area contributed by atoms with E-state index < -0.39 is 42.5 Å². The van der Waals surface area contributed by atoms with Crippen LogP contribution in [-0.2, 0) is 19.7 Å². The lowest BCUT2D eigenvalue weighted by Crippen LogP contribution is -2.32. The van der Waals surface area contributed by atoms with Gasteiger partial charge in [-0.25, -0.2) is 16.8 Å². The van der Waals surface area contributed by atoms with Crippen molar-refractivity contribution in [2.45, 2.75) is 23.2 Å². The predicted molar refractivity (Wildman–Crippen MR) is 66.8 cm³/mol. The van der Waals surface area contributed by atoms with Crippen molar-refractivity contribution in [2.24, 2.45) is 0 Å². The zero-order valence-electron chi connectivity index (χ0n) is 9.78. The highest BCUT2D eigenvalue weighted by atomic mass is 32.2. The number of hydrogen-bond acceptors (Lipinski definition) is 5. The van der Waals surface area contributed by atoms with E-state index in [1.165, 1.54) is 12.1 Å². The highest BCUT2D eigenvalue weighted by molar-refractivity contribution is 7.96. The van der Waals surface area contributed by atoms with E-state index in [1.54, 1.807) is 19.1 Å². The van der Waals surface area contributed by atoms with Crippen LogP contribution in [0.3, 0.4) is 0 Å². The molecule has 0 spiro atoms. The highest BCUT2D eigenvalue weighted by Crippen LogP contribution is 2.26. The molecule has 7 heteroatoms. The summed E-state index contributed by atoms with van der Waals surface area (Å²) in [5.41, 5.74) is 0.770. The molecule has 0 saturated carbocycles. The lowest BCUT2D eigenvalue weighted by molar-refractivity contribution is 0.204. The molecule has 1 heterocycles. The van der Waals surface area contributed by atoms with Gasteiger partial charge in [-0.1, -0.05) is 12.1 Å². The molecule has 1 aromatic rings. The van der Waals surface area contributed by atoms with Crippen molar-refractivity contribution < 1.29 is 21.9 Å². The lowest BCUT2D eigenvalue weighted by atomic mass is 10.2. The van der Waals surface area contributed by atoms with Gasteiger partial charge in [0.1, 0.15) is 5.25 Å². The van der Waals surface area contributed by atoms with E-state index in [9.17, 15) is 21.9 Å². The Labute approximate surface area is 106 Å². The largest absolute Gasteiger partial charge is 0.391 e. The monoisotopic (exact) mass is 290 g/mol. The smallest absolute Gasteiger partial charge is 0.184 e. The third kappa shape index (κ3) is 2.43. The topological polar surface area (TPSA) is 88.5 Å². The second-order valence-corrected chi connectivity index (χ2v) is 8.86. The highest BCUT2D eigenvalue weighted by Gasteiger charge is 2.45. The molecule has 1 aliphatic heterocycles.